The van der Waals surface area contributed by atoms with E-state index < -0.39 is 15.7 Å². The Kier molecular flexibility index (Phi) is 14.1. The first kappa shape index (κ1) is 21.8. The first-order chi connectivity index (χ1) is 8.38. The molecule has 7 heteroatoms. The Hall–Kier alpha value is 0.504. The first-order valence-corrected chi connectivity index (χ1v) is 7.33. The van der Waals surface area contributed by atoms with Gasteiger partial charge in [-0.2, -0.15) is 0 Å². The molecule has 0 fully saturated rings. The van der Waals surface area contributed by atoms with Crippen LogP contribution in [0.15, 0.2) is 0 Å². The molecule has 0 saturated heterocycles. The van der Waals surface area contributed by atoms with Crippen molar-refractivity contribution in [3.63, 3.8) is 0 Å². The number of carbonyl (C=O) groups excluding carboxylic acids is 2. The Bertz CT molecular complexity index is 267. The van der Waals surface area contributed by atoms with E-state index in [-0.39, 0.29) is 22.9 Å². The molecule has 0 amide bonds. The second-order valence-electron chi connectivity index (χ2n) is 4.13. The molecule has 0 aliphatic heterocycles. The Morgan fingerprint density at radius 1 is 0.947 bits per heavy atom. The van der Waals surface area contributed by atoms with Crippen molar-refractivity contribution in [2.75, 3.05) is 0 Å². The van der Waals surface area contributed by atoms with E-state index in [9.17, 15) is 9.59 Å². The number of rotatable bonds is 8. The monoisotopic (exact) mass is 374 g/mol. The summed E-state index contributed by atoms with van der Waals surface area (Å²) < 4.78 is 2.20. The van der Waals surface area contributed by atoms with E-state index in [4.69, 9.17) is 34.8 Å². The second kappa shape index (κ2) is 12.3. The van der Waals surface area contributed by atoms with Crippen LogP contribution in [0, 0.1) is 0 Å². The molecule has 3 nitrogen and oxygen atoms in total. The average Bonchev–Trinajstić information content (AvgIpc) is 2.26. The van der Waals surface area contributed by atoms with Crippen molar-refractivity contribution in [1.29, 1.82) is 0 Å². The van der Waals surface area contributed by atoms with Crippen molar-refractivity contribution in [2.45, 2.75) is 62.1 Å². The minimum Gasteiger partial charge on any atom is -0.390 e. The van der Waals surface area contributed by atoms with Crippen LogP contribution >= 0.6 is 34.8 Å². The van der Waals surface area contributed by atoms with Crippen LogP contribution in [-0.2, 0) is 30.8 Å². The number of ether oxygens (including phenoxy) is 1. The molecule has 0 radical (unpaired) electrons. The number of alkyl halides is 3. The van der Waals surface area contributed by atoms with Gasteiger partial charge in [0.1, 0.15) is 0 Å². The molecule has 0 rings (SSSR count). The summed E-state index contributed by atoms with van der Waals surface area (Å²) in [5, 5.41) is 0. The molecule has 0 N–H and O–H groups in total. The summed E-state index contributed by atoms with van der Waals surface area (Å²) in [6.45, 7) is 2.16. The molecule has 0 aromatic rings. The summed E-state index contributed by atoms with van der Waals surface area (Å²) >= 11 is 15.8. The van der Waals surface area contributed by atoms with E-state index in [1.165, 1.54) is 25.7 Å². The van der Waals surface area contributed by atoms with E-state index in [1.807, 2.05) is 0 Å². The standard InChI is InChI=1S/C12H19Cl3O3.Ni/c1-2-3-4-5-6-7-8-9-10(16)18-11(17)12(13,14)15;/h2-9H2,1H3;. The molecule has 0 aliphatic carbocycles. The van der Waals surface area contributed by atoms with Crippen molar-refractivity contribution in [2.24, 2.45) is 0 Å². The van der Waals surface area contributed by atoms with Crippen LogP contribution in [0.2, 0.25) is 0 Å². The Morgan fingerprint density at radius 2 is 1.42 bits per heavy atom. The average molecular weight is 376 g/mol. The first-order valence-electron chi connectivity index (χ1n) is 6.19. The van der Waals surface area contributed by atoms with Gasteiger partial charge >= 0.3 is 11.9 Å². The molecule has 116 valence electrons. The molecule has 0 unspecified atom stereocenters. The number of unbranched alkanes of at least 4 members (excludes halogenated alkanes) is 6. The summed E-state index contributed by atoms with van der Waals surface area (Å²) in [5.41, 5.74) is 0. The zero-order valence-electron chi connectivity index (χ0n) is 10.8. The zero-order chi connectivity index (χ0) is 14.0. The molecule has 0 bridgehead atoms. The third-order valence-corrected chi connectivity index (χ3v) is 2.89. The van der Waals surface area contributed by atoms with Crippen molar-refractivity contribution in [3.8, 4) is 0 Å². The van der Waals surface area contributed by atoms with Gasteiger partial charge in [0.15, 0.2) is 0 Å². The number of hydrogen-bond donors (Lipinski definition) is 0. The van der Waals surface area contributed by atoms with E-state index in [0.717, 1.165) is 12.8 Å². The molecule has 0 spiro atoms. The number of hydrogen-bond acceptors (Lipinski definition) is 3. The third kappa shape index (κ3) is 13.2. The molecule has 0 saturated carbocycles. The van der Waals surface area contributed by atoms with Crippen LogP contribution in [-0.4, -0.2) is 15.7 Å². The van der Waals surface area contributed by atoms with Crippen LogP contribution in [0.3, 0.4) is 0 Å². The Morgan fingerprint density at radius 3 is 1.89 bits per heavy atom. The minimum absolute atomic E-state index is 0. The third-order valence-electron chi connectivity index (χ3n) is 2.42. The normalized spacial score (nSPS) is 10.7. The summed E-state index contributed by atoms with van der Waals surface area (Å²) in [6, 6.07) is 0. The van der Waals surface area contributed by atoms with Crippen LogP contribution < -0.4 is 0 Å². The van der Waals surface area contributed by atoms with E-state index in [1.54, 1.807) is 0 Å². The number of esters is 2. The van der Waals surface area contributed by atoms with Gasteiger partial charge in [0.05, 0.1) is 0 Å². The SMILES string of the molecule is CCCCCCCCCC(=O)OC(=O)C(Cl)(Cl)Cl.[Ni]. The summed E-state index contributed by atoms with van der Waals surface area (Å²) in [4.78, 5) is 22.3. The van der Waals surface area contributed by atoms with Crippen LogP contribution in [0.5, 0.6) is 0 Å². The molecule has 0 heterocycles. The maximum absolute atomic E-state index is 11.2. The summed E-state index contributed by atoms with van der Waals surface area (Å²) in [6.07, 6.45) is 7.78. The van der Waals surface area contributed by atoms with Crippen LogP contribution in [0.4, 0.5) is 0 Å². The molecule has 19 heavy (non-hydrogen) atoms. The second-order valence-corrected chi connectivity index (χ2v) is 6.41. The van der Waals surface area contributed by atoms with Gasteiger partial charge in [-0.15, -0.1) is 0 Å². The van der Waals surface area contributed by atoms with Gasteiger partial charge in [0.25, 0.3) is 3.79 Å². The fraction of sp³-hybridized carbons (Fsp3) is 0.833. The van der Waals surface area contributed by atoms with E-state index >= 15 is 0 Å². The van der Waals surface area contributed by atoms with Crippen LogP contribution in [0.1, 0.15) is 58.3 Å². The molecule has 0 aromatic heterocycles. The molecular formula is C12H19Cl3NiO3. The van der Waals surface area contributed by atoms with Gasteiger partial charge < -0.3 is 4.74 Å². The van der Waals surface area contributed by atoms with Gasteiger partial charge in [0, 0.05) is 22.9 Å². The van der Waals surface area contributed by atoms with Crippen LogP contribution in [0.25, 0.3) is 0 Å². The van der Waals surface area contributed by atoms with Crippen molar-refractivity contribution >= 4 is 46.7 Å². The van der Waals surface area contributed by atoms with Crippen molar-refractivity contribution in [3.05, 3.63) is 0 Å². The fourth-order valence-corrected chi connectivity index (χ4v) is 1.55. The summed E-state index contributed by atoms with van der Waals surface area (Å²) in [5.74, 6) is -1.78. The summed E-state index contributed by atoms with van der Waals surface area (Å²) in [7, 11) is 0. The van der Waals surface area contributed by atoms with Gasteiger partial charge in [-0.25, -0.2) is 4.79 Å². The smallest absolute Gasteiger partial charge is 0.366 e. The molecular weight excluding hydrogens is 357 g/mol. The van der Waals surface area contributed by atoms with Gasteiger partial charge in [-0.1, -0.05) is 80.3 Å². The van der Waals surface area contributed by atoms with E-state index in [2.05, 4.69) is 11.7 Å². The minimum atomic E-state index is -2.18. The maximum atomic E-state index is 11.2. The number of carbonyl (C=O) groups is 2. The fourth-order valence-electron chi connectivity index (χ4n) is 1.44. The van der Waals surface area contributed by atoms with Gasteiger partial charge in [-0.05, 0) is 6.42 Å². The predicted octanol–water partition coefficient (Wildman–Crippen LogP) is 4.56. The Balaban J connectivity index is 0. The molecule has 0 atom stereocenters. The van der Waals surface area contributed by atoms with Gasteiger partial charge in [-0.3, -0.25) is 4.79 Å². The zero-order valence-corrected chi connectivity index (χ0v) is 14.1. The number of halogens is 3. The molecule has 0 aromatic carbocycles. The molecule has 0 aliphatic rings. The van der Waals surface area contributed by atoms with Crippen molar-refractivity contribution < 1.29 is 30.8 Å². The Labute approximate surface area is 139 Å². The topological polar surface area (TPSA) is 43.4 Å². The van der Waals surface area contributed by atoms with Gasteiger partial charge in [0.2, 0.25) is 0 Å². The largest absolute Gasteiger partial charge is 0.390 e. The van der Waals surface area contributed by atoms with E-state index in [0.29, 0.717) is 6.42 Å². The quantitative estimate of drug-likeness (QED) is 0.205. The predicted molar refractivity (Wildman–Crippen MR) is 74.0 cm³/mol. The van der Waals surface area contributed by atoms with Crippen molar-refractivity contribution in [1.82, 2.24) is 0 Å². The maximum Gasteiger partial charge on any atom is 0.366 e.